The molecule has 0 spiro atoms. The third kappa shape index (κ3) is 3.26. The summed E-state index contributed by atoms with van der Waals surface area (Å²) in [6.45, 7) is 6.96. The molecule has 70 valence electrons. The maximum absolute atomic E-state index is 2.40. The Labute approximate surface area is 75.8 Å². The van der Waals surface area contributed by atoms with Gasteiger partial charge in [-0.3, -0.25) is 4.90 Å². The highest BCUT2D eigenvalue weighted by molar-refractivity contribution is 4.77. The monoisotopic (exact) mass is 169 g/mol. The first kappa shape index (κ1) is 9.59. The second kappa shape index (κ2) is 4.51. The van der Waals surface area contributed by atoms with E-state index in [2.05, 4.69) is 38.2 Å². The number of hydrogen-bond acceptors (Lipinski definition) is 1. The number of quaternary nitrogens is 1. The summed E-state index contributed by atoms with van der Waals surface area (Å²) >= 11 is 0. The molecular formula is C10H21N2+. The lowest BCUT2D eigenvalue weighted by molar-refractivity contribution is -0.826. The Morgan fingerprint density at radius 3 is 2.75 bits per heavy atom. The molecule has 1 aliphatic heterocycles. The van der Waals surface area contributed by atoms with Gasteiger partial charge in [0.25, 0.3) is 0 Å². The lowest BCUT2D eigenvalue weighted by Gasteiger charge is -2.14. The van der Waals surface area contributed by atoms with E-state index in [4.69, 9.17) is 0 Å². The van der Waals surface area contributed by atoms with Crippen molar-refractivity contribution < 1.29 is 4.90 Å². The SMILES string of the molecule is CC(C)CCCN1C=C[NH+](C)C1. The second-order valence-electron chi connectivity index (χ2n) is 4.17. The molecule has 1 atom stereocenters. The van der Waals surface area contributed by atoms with E-state index in [1.165, 1.54) is 24.3 Å². The minimum atomic E-state index is 0.849. The minimum Gasteiger partial charge on any atom is -0.326 e. The van der Waals surface area contributed by atoms with Crippen LogP contribution in [0, 0.1) is 5.92 Å². The fourth-order valence-corrected chi connectivity index (χ4v) is 1.51. The van der Waals surface area contributed by atoms with Crippen LogP contribution in [0.1, 0.15) is 26.7 Å². The Kier molecular flexibility index (Phi) is 3.60. The third-order valence-electron chi connectivity index (χ3n) is 2.25. The standard InChI is InChI=1S/C10H20N2/c1-10(2)5-4-6-12-8-7-11(3)9-12/h7-8,10H,4-6,9H2,1-3H3/p+1. The molecule has 0 fully saturated rings. The van der Waals surface area contributed by atoms with Crippen molar-refractivity contribution in [3.05, 3.63) is 12.4 Å². The topological polar surface area (TPSA) is 7.68 Å². The molecule has 0 amide bonds. The van der Waals surface area contributed by atoms with E-state index < -0.39 is 0 Å². The van der Waals surface area contributed by atoms with Crippen LogP contribution in [0.5, 0.6) is 0 Å². The molecule has 12 heavy (non-hydrogen) atoms. The maximum atomic E-state index is 2.40. The van der Waals surface area contributed by atoms with Crippen molar-refractivity contribution in [1.82, 2.24) is 4.90 Å². The summed E-state index contributed by atoms with van der Waals surface area (Å²) in [7, 11) is 2.19. The molecule has 2 heteroatoms. The zero-order valence-electron chi connectivity index (χ0n) is 8.51. The Morgan fingerprint density at radius 2 is 2.25 bits per heavy atom. The Morgan fingerprint density at radius 1 is 1.50 bits per heavy atom. The molecule has 1 aliphatic rings. The molecule has 1 N–H and O–H groups in total. The van der Waals surface area contributed by atoms with Gasteiger partial charge in [-0.15, -0.1) is 0 Å². The van der Waals surface area contributed by atoms with Crippen molar-refractivity contribution in [2.75, 3.05) is 20.3 Å². The predicted octanol–water partition coefficient (Wildman–Crippen LogP) is 0.682. The first-order valence-electron chi connectivity index (χ1n) is 4.93. The van der Waals surface area contributed by atoms with Crippen LogP contribution in [0.3, 0.4) is 0 Å². The van der Waals surface area contributed by atoms with Crippen LogP contribution in [0.15, 0.2) is 12.4 Å². The number of nitrogens with zero attached hydrogens (tertiary/aromatic N) is 1. The molecule has 0 aliphatic carbocycles. The van der Waals surface area contributed by atoms with Gasteiger partial charge in [0.2, 0.25) is 0 Å². The number of hydrogen-bond donors (Lipinski definition) is 1. The van der Waals surface area contributed by atoms with Crippen molar-refractivity contribution >= 4 is 0 Å². The summed E-state index contributed by atoms with van der Waals surface area (Å²) in [4.78, 5) is 3.89. The van der Waals surface area contributed by atoms with Gasteiger partial charge in [0.1, 0.15) is 6.20 Å². The van der Waals surface area contributed by atoms with Gasteiger partial charge in [0.05, 0.1) is 13.2 Å². The van der Waals surface area contributed by atoms with Crippen LogP contribution in [0.25, 0.3) is 0 Å². The zero-order valence-corrected chi connectivity index (χ0v) is 8.51. The van der Waals surface area contributed by atoms with E-state index in [-0.39, 0.29) is 0 Å². The van der Waals surface area contributed by atoms with Gasteiger partial charge in [-0.25, -0.2) is 0 Å². The summed E-state index contributed by atoms with van der Waals surface area (Å²) < 4.78 is 0. The summed E-state index contributed by atoms with van der Waals surface area (Å²) in [5.41, 5.74) is 0. The molecular weight excluding hydrogens is 148 g/mol. The largest absolute Gasteiger partial charge is 0.326 e. The molecule has 0 bridgehead atoms. The van der Waals surface area contributed by atoms with Crippen molar-refractivity contribution in [1.29, 1.82) is 0 Å². The molecule has 0 aromatic heterocycles. The first-order chi connectivity index (χ1) is 5.68. The normalized spacial score (nSPS) is 22.7. The summed E-state index contributed by atoms with van der Waals surface area (Å²) in [5, 5.41) is 0. The van der Waals surface area contributed by atoms with Gasteiger partial charge in [-0.1, -0.05) is 13.8 Å². The molecule has 0 saturated carbocycles. The van der Waals surface area contributed by atoms with Crippen LogP contribution in [0.2, 0.25) is 0 Å². The molecule has 1 heterocycles. The van der Waals surface area contributed by atoms with Crippen molar-refractivity contribution in [3.63, 3.8) is 0 Å². The summed E-state index contributed by atoms with van der Waals surface area (Å²) in [6, 6.07) is 0. The highest BCUT2D eigenvalue weighted by atomic mass is 15.3. The van der Waals surface area contributed by atoms with Crippen LogP contribution < -0.4 is 4.90 Å². The van der Waals surface area contributed by atoms with Gasteiger partial charge in [0, 0.05) is 6.54 Å². The highest BCUT2D eigenvalue weighted by Gasteiger charge is 2.11. The molecule has 1 rings (SSSR count). The van der Waals surface area contributed by atoms with Crippen molar-refractivity contribution in [3.8, 4) is 0 Å². The molecule has 1 unspecified atom stereocenters. The van der Waals surface area contributed by atoms with Crippen molar-refractivity contribution in [2.45, 2.75) is 26.7 Å². The van der Waals surface area contributed by atoms with E-state index in [0.29, 0.717) is 0 Å². The molecule has 0 saturated heterocycles. The van der Waals surface area contributed by atoms with E-state index in [1.807, 2.05) is 0 Å². The van der Waals surface area contributed by atoms with Gasteiger partial charge >= 0.3 is 0 Å². The average molecular weight is 169 g/mol. The van der Waals surface area contributed by atoms with Crippen LogP contribution in [-0.4, -0.2) is 25.2 Å². The van der Waals surface area contributed by atoms with Crippen LogP contribution in [0.4, 0.5) is 0 Å². The van der Waals surface area contributed by atoms with Gasteiger partial charge < -0.3 is 4.90 Å². The van der Waals surface area contributed by atoms with Gasteiger partial charge in [-0.2, -0.15) is 0 Å². The number of rotatable bonds is 4. The minimum absolute atomic E-state index is 0.849. The van der Waals surface area contributed by atoms with Gasteiger partial charge in [0.15, 0.2) is 6.67 Å². The second-order valence-corrected chi connectivity index (χ2v) is 4.17. The average Bonchev–Trinajstić information content (AvgIpc) is 2.35. The molecule has 2 nitrogen and oxygen atoms in total. The maximum Gasteiger partial charge on any atom is 0.156 e. The van der Waals surface area contributed by atoms with E-state index in [9.17, 15) is 0 Å². The Bertz CT molecular complexity index is 152. The highest BCUT2D eigenvalue weighted by Crippen LogP contribution is 2.04. The van der Waals surface area contributed by atoms with Crippen LogP contribution >= 0.6 is 0 Å². The van der Waals surface area contributed by atoms with Gasteiger partial charge in [-0.05, 0) is 18.8 Å². The fourth-order valence-electron chi connectivity index (χ4n) is 1.51. The lowest BCUT2D eigenvalue weighted by Crippen LogP contribution is -3.03. The third-order valence-corrected chi connectivity index (χ3v) is 2.25. The van der Waals surface area contributed by atoms with Crippen molar-refractivity contribution in [2.24, 2.45) is 5.92 Å². The summed E-state index contributed by atoms with van der Waals surface area (Å²) in [5.74, 6) is 0.849. The molecule has 0 aromatic carbocycles. The Hall–Kier alpha value is -0.500. The van der Waals surface area contributed by atoms with Crippen LogP contribution in [-0.2, 0) is 0 Å². The molecule has 0 aromatic rings. The van der Waals surface area contributed by atoms with E-state index in [1.54, 1.807) is 0 Å². The quantitative estimate of drug-likeness (QED) is 0.650. The zero-order chi connectivity index (χ0) is 8.97. The first-order valence-corrected chi connectivity index (χ1v) is 4.93. The van der Waals surface area contributed by atoms with E-state index >= 15 is 0 Å². The molecule has 0 radical (unpaired) electrons. The predicted molar refractivity (Wildman–Crippen MR) is 51.7 cm³/mol. The fraction of sp³-hybridized carbons (Fsp3) is 0.800. The number of nitrogens with one attached hydrogen (secondary N) is 1. The Balaban J connectivity index is 2.05. The lowest BCUT2D eigenvalue weighted by atomic mass is 10.1. The van der Waals surface area contributed by atoms with E-state index in [0.717, 1.165) is 12.6 Å². The smallest absolute Gasteiger partial charge is 0.156 e. The summed E-state index contributed by atoms with van der Waals surface area (Å²) in [6.07, 6.45) is 7.11.